The maximum Gasteiger partial charge on any atom is 0.255 e. The Labute approximate surface area is 184 Å². The maximum absolute atomic E-state index is 12.7. The van der Waals surface area contributed by atoms with Gasteiger partial charge in [0, 0.05) is 29.2 Å². The number of nitrogens with two attached hydrogens (primary N) is 1. The standard InChI is InChI=1S/C22H22ClN5O3/c1-12-2-4-15(9-17(12)23)26-22(24)25-10-13-3-5-16-14(8-13)11-28(21(16)31)18-6-7-19(29)27-20(18)30/h2-5,8-9,18H,6-7,10-11H2,1H3,(H3,24,25,26)(H,27,29,30). The third-order valence-corrected chi connectivity index (χ3v) is 5.87. The van der Waals surface area contributed by atoms with Crippen LogP contribution >= 0.6 is 11.6 Å². The van der Waals surface area contributed by atoms with Gasteiger partial charge < -0.3 is 16.0 Å². The predicted octanol–water partition coefficient (Wildman–Crippen LogP) is 2.34. The Morgan fingerprint density at radius 3 is 2.81 bits per heavy atom. The minimum Gasteiger partial charge on any atom is -0.370 e. The van der Waals surface area contributed by atoms with Crippen molar-refractivity contribution in [2.75, 3.05) is 5.32 Å². The van der Waals surface area contributed by atoms with Gasteiger partial charge >= 0.3 is 0 Å². The summed E-state index contributed by atoms with van der Waals surface area (Å²) in [5.41, 5.74) is 10.00. The molecular formula is C22H22ClN5O3. The van der Waals surface area contributed by atoms with Crippen LogP contribution in [0.4, 0.5) is 5.69 Å². The highest BCUT2D eigenvalue weighted by Gasteiger charge is 2.38. The molecule has 1 atom stereocenters. The average molecular weight is 440 g/mol. The number of hydrogen-bond acceptors (Lipinski definition) is 4. The Hall–Kier alpha value is -3.39. The van der Waals surface area contributed by atoms with E-state index in [4.69, 9.17) is 17.3 Å². The lowest BCUT2D eigenvalue weighted by Gasteiger charge is -2.29. The molecule has 2 aliphatic heterocycles. The molecule has 0 radical (unpaired) electrons. The number of hydrogen-bond donors (Lipinski definition) is 3. The van der Waals surface area contributed by atoms with Crippen LogP contribution in [0.5, 0.6) is 0 Å². The molecule has 2 heterocycles. The minimum absolute atomic E-state index is 0.197. The van der Waals surface area contributed by atoms with Crippen molar-refractivity contribution in [1.82, 2.24) is 10.2 Å². The number of piperidine rings is 1. The van der Waals surface area contributed by atoms with Gasteiger partial charge in [-0.3, -0.25) is 19.7 Å². The number of benzene rings is 2. The minimum atomic E-state index is -0.625. The lowest BCUT2D eigenvalue weighted by atomic mass is 10.0. The molecule has 3 amide bonds. The summed E-state index contributed by atoms with van der Waals surface area (Å²) in [6.07, 6.45) is 0.571. The van der Waals surface area contributed by atoms with E-state index in [1.807, 2.05) is 31.2 Å². The molecule has 1 fully saturated rings. The van der Waals surface area contributed by atoms with Crippen LogP contribution in [0.25, 0.3) is 0 Å². The first-order chi connectivity index (χ1) is 14.8. The molecule has 2 aromatic carbocycles. The molecule has 2 aromatic rings. The van der Waals surface area contributed by atoms with Crippen molar-refractivity contribution in [2.24, 2.45) is 10.7 Å². The Balaban J connectivity index is 1.43. The van der Waals surface area contributed by atoms with E-state index in [0.29, 0.717) is 30.1 Å². The summed E-state index contributed by atoms with van der Waals surface area (Å²) in [5, 5.41) is 5.95. The summed E-state index contributed by atoms with van der Waals surface area (Å²) in [6.45, 7) is 2.58. The largest absolute Gasteiger partial charge is 0.370 e. The highest BCUT2D eigenvalue weighted by Crippen LogP contribution is 2.28. The number of aliphatic imine (C=N–C) groups is 1. The number of imide groups is 1. The monoisotopic (exact) mass is 439 g/mol. The Kier molecular flexibility index (Phi) is 5.65. The second-order valence-corrected chi connectivity index (χ2v) is 8.09. The molecule has 0 spiro atoms. The SMILES string of the molecule is Cc1ccc(NC(N)=NCc2ccc3c(c2)CN(C2CCC(=O)NC2=O)C3=O)cc1Cl. The molecule has 1 unspecified atom stereocenters. The molecule has 0 saturated carbocycles. The normalized spacial score (nSPS) is 18.8. The molecule has 4 rings (SSSR count). The van der Waals surface area contributed by atoms with Gasteiger partial charge in [-0.25, -0.2) is 4.99 Å². The zero-order valence-electron chi connectivity index (χ0n) is 16.9. The number of fused-ring (bicyclic) bond motifs is 1. The molecule has 4 N–H and O–H groups in total. The van der Waals surface area contributed by atoms with Crippen molar-refractivity contribution in [3.63, 3.8) is 0 Å². The van der Waals surface area contributed by atoms with E-state index in [-0.39, 0.29) is 24.2 Å². The quantitative estimate of drug-likeness (QED) is 0.384. The Morgan fingerprint density at radius 1 is 1.26 bits per heavy atom. The topological polar surface area (TPSA) is 117 Å². The van der Waals surface area contributed by atoms with Crippen molar-refractivity contribution >= 4 is 41.0 Å². The third-order valence-electron chi connectivity index (χ3n) is 5.46. The lowest BCUT2D eigenvalue weighted by Crippen LogP contribution is -2.52. The van der Waals surface area contributed by atoms with Crippen LogP contribution in [0.2, 0.25) is 5.02 Å². The van der Waals surface area contributed by atoms with Crippen LogP contribution in [-0.4, -0.2) is 34.6 Å². The van der Waals surface area contributed by atoms with Crippen molar-refractivity contribution in [2.45, 2.75) is 38.9 Å². The van der Waals surface area contributed by atoms with E-state index in [1.54, 1.807) is 12.1 Å². The fourth-order valence-corrected chi connectivity index (χ4v) is 3.94. The molecule has 0 aliphatic carbocycles. The summed E-state index contributed by atoms with van der Waals surface area (Å²) >= 11 is 6.13. The average Bonchev–Trinajstić information content (AvgIpc) is 3.05. The highest BCUT2D eigenvalue weighted by atomic mass is 35.5. The van der Waals surface area contributed by atoms with Gasteiger partial charge in [-0.2, -0.15) is 0 Å². The van der Waals surface area contributed by atoms with Gasteiger partial charge in [0.05, 0.1) is 6.54 Å². The van der Waals surface area contributed by atoms with Gasteiger partial charge in [-0.05, 0) is 48.2 Å². The zero-order valence-corrected chi connectivity index (χ0v) is 17.7. The maximum atomic E-state index is 12.7. The number of carbonyl (C=O) groups is 3. The summed E-state index contributed by atoms with van der Waals surface area (Å²) in [4.78, 5) is 42.2. The van der Waals surface area contributed by atoms with Crippen molar-refractivity contribution < 1.29 is 14.4 Å². The number of carbonyl (C=O) groups excluding carboxylic acids is 3. The number of aryl methyl sites for hydroxylation is 1. The van der Waals surface area contributed by atoms with E-state index < -0.39 is 11.9 Å². The summed E-state index contributed by atoms with van der Waals surface area (Å²) in [5.74, 6) is -0.666. The summed E-state index contributed by atoms with van der Waals surface area (Å²) in [7, 11) is 0. The number of amides is 3. The first-order valence-electron chi connectivity index (χ1n) is 9.91. The molecule has 9 heteroatoms. The van der Waals surface area contributed by atoms with E-state index >= 15 is 0 Å². The number of nitrogens with one attached hydrogen (secondary N) is 2. The van der Waals surface area contributed by atoms with Crippen LogP contribution in [0.1, 0.15) is 39.9 Å². The molecule has 1 saturated heterocycles. The Morgan fingerprint density at radius 2 is 2.06 bits per heavy atom. The smallest absolute Gasteiger partial charge is 0.255 e. The van der Waals surface area contributed by atoms with Gasteiger partial charge in [-0.15, -0.1) is 0 Å². The lowest BCUT2D eigenvalue weighted by molar-refractivity contribution is -0.136. The van der Waals surface area contributed by atoms with Crippen LogP contribution in [0.15, 0.2) is 41.4 Å². The molecule has 2 aliphatic rings. The summed E-state index contributed by atoms with van der Waals surface area (Å²) < 4.78 is 0. The van der Waals surface area contributed by atoms with Gasteiger partial charge in [0.2, 0.25) is 11.8 Å². The third kappa shape index (κ3) is 4.39. The zero-order chi connectivity index (χ0) is 22.1. The van der Waals surface area contributed by atoms with Crippen molar-refractivity contribution in [3.8, 4) is 0 Å². The summed E-state index contributed by atoms with van der Waals surface area (Å²) in [6, 6.07) is 10.4. The van der Waals surface area contributed by atoms with E-state index in [1.165, 1.54) is 4.90 Å². The molecule has 0 bridgehead atoms. The van der Waals surface area contributed by atoms with E-state index in [2.05, 4.69) is 15.6 Å². The second kappa shape index (κ2) is 8.39. The van der Waals surface area contributed by atoms with Gasteiger partial charge in [-0.1, -0.05) is 29.8 Å². The number of anilines is 1. The van der Waals surface area contributed by atoms with Crippen molar-refractivity contribution in [3.05, 3.63) is 63.7 Å². The molecule has 31 heavy (non-hydrogen) atoms. The molecule has 8 nitrogen and oxygen atoms in total. The number of rotatable bonds is 4. The first kappa shape index (κ1) is 20.9. The van der Waals surface area contributed by atoms with E-state index in [0.717, 1.165) is 22.4 Å². The van der Waals surface area contributed by atoms with Gasteiger partial charge in [0.25, 0.3) is 5.91 Å². The fourth-order valence-electron chi connectivity index (χ4n) is 3.76. The van der Waals surface area contributed by atoms with Gasteiger partial charge in [0.15, 0.2) is 5.96 Å². The highest BCUT2D eigenvalue weighted by molar-refractivity contribution is 6.31. The first-order valence-corrected chi connectivity index (χ1v) is 10.3. The van der Waals surface area contributed by atoms with Crippen LogP contribution in [0, 0.1) is 6.92 Å². The van der Waals surface area contributed by atoms with Crippen LogP contribution in [0.3, 0.4) is 0 Å². The predicted molar refractivity (Wildman–Crippen MR) is 118 cm³/mol. The number of guanidine groups is 1. The van der Waals surface area contributed by atoms with Gasteiger partial charge in [0.1, 0.15) is 6.04 Å². The molecule has 160 valence electrons. The van der Waals surface area contributed by atoms with Crippen LogP contribution < -0.4 is 16.4 Å². The molecule has 0 aromatic heterocycles. The van der Waals surface area contributed by atoms with Crippen LogP contribution in [-0.2, 0) is 22.7 Å². The number of halogens is 1. The second-order valence-electron chi connectivity index (χ2n) is 7.68. The van der Waals surface area contributed by atoms with Crippen molar-refractivity contribution in [1.29, 1.82) is 0 Å². The molecular weight excluding hydrogens is 418 g/mol. The van der Waals surface area contributed by atoms with E-state index in [9.17, 15) is 14.4 Å². The fraction of sp³-hybridized carbons (Fsp3) is 0.273. The number of nitrogens with zero attached hydrogens (tertiary/aromatic N) is 2. The Bertz CT molecular complexity index is 1110.